The summed E-state index contributed by atoms with van der Waals surface area (Å²) >= 11 is 0. The van der Waals surface area contributed by atoms with E-state index in [4.69, 9.17) is 9.47 Å². The Kier molecular flexibility index (Phi) is 7.31. The molecule has 0 saturated carbocycles. The molecule has 0 amide bonds. The molecule has 8 nitrogen and oxygen atoms in total. The van der Waals surface area contributed by atoms with Gasteiger partial charge in [-0.05, 0) is 52.2 Å². The summed E-state index contributed by atoms with van der Waals surface area (Å²) in [6.45, 7) is 4.35. The van der Waals surface area contributed by atoms with Crippen molar-refractivity contribution in [2.45, 2.75) is 57.1 Å². The van der Waals surface area contributed by atoms with E-state index in [2.05, 4.69) is 0 Å². The van der Waals surface area contributed by atoms with Crippen LogP contribution in [-0.4, -0.2) is 55.7 Å². The number of benzene rings is 1. The fourth-order valence-electron chi connectivity index (χ4n) is 2.95. The predicted molar refractivity (Wildman–Crippen MR) is 100 cm³/mol. The Morgan fingerprint density at radius 2 is 1.79 bits per heavy atom. The highest BCUT2D eigenvalue weighted by molar-refractivity contribution is 7.89. The Balaban J connectivity index is 2.15. The minimum Gasteiger partial charge on any atom is -0.460 e. The lowest BCUT2D eigenvalue weighted by atomic mass is 10.1. The summed E-state index contributed by atoms with van der Waals surface area (Å²) in [6.07, 6.45) is 1.26. The molecule has 1 aliphatic rings. The summed E-state index contributed by atoms with van der Waals surface area (Å²) in [5, 5.41) is 0. The van der Waals surface area contributed by atoms with Crippen LogP contribution in [0.5, 0.6) is 0 Å². The molecule has 1 aromatic rings. The van der Waals surface area contributed by atoms with Gasteiger partial charge in [0.25, 0.3) is 0 Å². The summed E-state index contributed by atoms with van der Waals surface area (Å²) in [6, 6.07) is 4.58. The largest absolute Gasteiger partial charge is 0.460 e. The van der Waals surface area contributed by atoms with Crippen LogP contribution >= 0.6 is 0 Å². The van der Waals surface area contributed by atoms with Gasteiger partial charge >= 0.3 is 11.9 Å². The van der Waals surface area contributed by atoms with Gasteiger partial charge in [-0.3, -0.25) is 9.59 Å². The van der Waals surface area contributed by atoms with E-state index < -0.39 is 34.6 Å². The number of hydrogen-bond donors (Lipinski definition) is 0. The first-order valence-corrected chi connectivity index (χ1v) is 10.6. The zero-order valence-corrected chi connectivity index (χ0v) is 17.0. The van der Waals surface area contributed by atoms with E-state index in [9.17, 15) is 22.8 Å². The van der Waals surface area contributed by atoms with Crippen molar-refractivity contribution in [1.82, 2.24) is 4.31 Å². The van der Waals surface area contributed by atoms with Crippen molar-refractivity contribution < 1.29 is 32.3 Å². The van der Waals surface area contributed by atoms with Crippen LogP contribution in [-0.2, 0) is 29.1 Å². The van der Waals surface area contributed by atoms with Gasteiger partial charge in [0.2, 0.25) is 10.0 Å². The first kappa shape index (κ1) is 22.0. The lowest BCUT2D eigenvalue weighted by Gasteiger charge is -2.32. The molecule has 0 bridgehead atoms. The van der Waals surface area contributed by atoms with Gasteiger partial charge < -0.3 is 9.47 Å². The van der Waals surface area contributed by atoms with E-state index in [-0.39, 0.29) is 23.3 Å². The van der Waals surface area contributed by atoms with Crippen molar-refractivity contribution in [3.05, 3.63) is 29.8 Å². The van der Waals surface area contributed by atoms with Crippen molar-refractivity contribution >= 4 is 27.7 Å². The smallest absolute Gasteiger partial charge is 0.344 e. The van der Waals surface area contributed by atoms with Crippen molar-refractivity contribution in [3.8, 4) is 0 Å². The van der Waals surface area contributed by atoms with Crippen LogP contribution in [0.4, 0.5) is 0 Å². The number of carbonyl (C=O) groups is 3. The Morgan fingerprint density at radius 3 is 2.36 bits per heavy atom. The Labute approximate surface area is 164 Å². The molecule has 1 aliphatic heterocycles. The average molecular weight is 411 g/mol. The van der Waals surface area contributed by atoms with Crippen molar-refractivity contribution in [2.75, 3.05) is 13.2 Å². The molecule has 154 valence electrons. The molecule has 2 rings (SSSR count). The molecule has 9 heteroatoms. The normalized spacial score (nSPS) is 17.9. The third-order valence-electron chi connectivity index (χ3n) is 4.29. The second-order valence-corrected chi connectivity index (χ2v) is 8.74. The average Bonchev–Trinajstić information content (AvgIpc) is 2.65. The molecule has 1 saturated heterocycles. The van der Waals surface area contributed by atoms with Crippen molar-refractivity contribution in [3.63, 3.8) is 0 Å². The highest BCUT2D eigenvalue weighted by Gasteiger charge is 2.38. The third-order valence-corrected chi connectivity index (χ3v) is 6.22. The zero-order valence-electron chi connectivity index (χ0n) is 16.2. The van der Waals surface area contributed by atoms with E-state index >= 15 is 0 Å². The van der Waals surface area contributed by atoms with Crippen LogP contribution in [0, 0.1) is 0 Å². The third kappa shape index (κ3) is 5.39. The molecule has 0 aromatic heterocycles. The van der Waals surface area contributed by atoms with Crippen LogP contribution in [0.1, 0.15) is 50.4 Å². The predicted octanol–water partition coefficient (Wildman–Crippen LogP) is 1.93. The van der Waals surface area contributed by atoms with Gasteiger partial charge in [-0.2, -0.15) is 4.31 Å². The quantitative estimate of drug-likeness (QED) is 0.498. The van der Waals surface area contributed by atoms with E-state index in [0.717, 1.165) is 4.31 Å². The second kappa shape index (κ2) is 9.29. The van der Waals surface area contributed by atoms with Crippen LogP contribution in [0.3, 0.4) is 0 Å². The standard InChI is InChI=1S/C19H25NO7S/c1-13(2)27-18(22)12-26-19(23)17-6-4-5-11-20(17)28(24,25)16-9-7-15(8-10-16)14(3)21/h7-10,13,17H,4-6,11-12H2,1-3H3. The number of rotatable bonds is 7. The minimum absolute atomic E-state index is 0.00332. The van der Waals surface area contributed by atoms with Gasteiger partial charge in [-0.1, -0.05) is 12.1 Å². The van der Waals surface area contributed by atoms with E-state index in [0.29, 0.717) is 24.8 Å². The molecule has 0 radical (unpaired) electrons. The first-order valence-electron chi connectivity index (χ1n) is 9.12. The number of hydrogen-bond acceptors (Lipinski definition) is 7. The fourth-order valence-corrected chi connectivity index (χ4v) is 4.60. The maximum Gasteiger partial charge on any atom is 0.344 e. The summed E-state index contributed by atoms with van der Waals surface area (Å²) < 4.78 is 37.0. The van der Waals surface area contributed by atoms with Crippen molar-refractivity contribution in [1.29, 1.82) is 0 Å². The molecule has 28 heavy (non-hydrogen) atoms. The minimum atomic E-state index is -3.95. The molecule has 1 heterocycles. The van der Waals surface area contributed by atoms with Gasteiger partial charge in [0, 0.05) is 12.1 Å². The number of carbonyl (C=O) groups excluding carboxylic acids is 3. The number of Topliss-reactive ketones (excluding diaryl/α,β-unsaturated/α-hetero) is 1. The molecular formula is C19H25NO7S. The summed E-state index contributed by atoms with van der Waals surface area (Å²) in [7, 11) is -3.95. The number of esters is 2. The Hall–Kier alpha value is -2.26. The molecule has 1 fully saturated rings. The van der Waals surface area contributed by atoms with Gasteiger partial charge in [-0.15, -0.1) is 0 Å². The van der Waals surface area contributed by atoms with Crippen LogP contribution in [0.25, 0.3) is 0 Å². The highest BCUT2D eigenvalue weighted by atomic mass is 32.2. The first-order chi connectivity index (χ1) is 13.1. The highest BCUT2D eigenvalue weighted by Crippen LogP contribution is 2.26. The Morgan fingerprint density at radius 1 is 1.14 bits per heavy atom. The number of nitrogens with zero attached hydrogens (tertiary/aromatic N) is 1. The topological polar surface area (TPSA) is 107 Å². The molecule has 0 aliphatic carbocycles. The lowest BCUT2D eigenvalue weighted by molar-refractivity contribution is -0.163. The van der Waals surface area contributed by atoms with Crippen LogP contribution in [0.2, 0.25) is 0 Å². The van der Waals surface area contributed by atoms with Gasteiger partial charge in [0.05, 0.1) is 11.0 Å². The molecule has 0 N–H and O–H groups in total. The molecular weight excluding hydrogens is 386 g/mol. The maximum atomic E-state index is 13.0. The zero-order chi connectivity index (χ0) is 20.9. The van der Waals surface area contributed by atoms with E-state index in [1.54, 1.807) is 13.8 Å². The molecule has 1 atom stereocenters. The number of piperidine rings is 1. The second-order valence-electron chi connectivity index (χ2n) is 6.85. The molecule has 1 aromatic carbocycles. The monoisotopic (exact) mass is 411 g/mol. The van der Waals surface area contributed by atoms with Crippen molar-refractivity contribution in [2.24, 2.45) is 0 Å². The lowest BCUT2D eigenvalue weighted by Crippen LogP contribution is -2.48. The van der Waals surface area contributed by atoms with Crippen LogP contribution < -0.4 is 0 Å². The summed E-state index contributed by atoms with van der Waals surface area (Å²) in [5.74, 6) is -1.63. The maximum absolute atomic E-state index is 13.0. The number of sulfonamides is 1. The molecule has 0 spiro atoms. The van der Waals surface area contributed by atoms with E-state index in [1.807, 2.05) is 0 Å². The van der Waals surface area contributed by atoms with Gasteiger partial charge in [0.1, 0.15) is 6.04 Å². The molecule has 1 unspecified atom stereocenters. The summed E-state index contributed by atoms with van der Waals surface area (Å²) in [4.78, 5) is 35.4. The number of ketones is 1. The van der Waals surface area contributed by atoms with Crippen LogP contribution in [0.15, 0.2) is 29.2 Å². The van der Waals surface area contributed by atoms with Gasteiger partial charge in [-0.25, -0.2) is 13.2 Å². The SMILES string of the molecule is CC(=O)c1ccc(S(=O)(=O)N2CCCCC2C(=O)OCC(=O)OC(C)C)cc1. The number of ether oxygens (including phenoxy) is 2. The van der Waals surface area contributed by atoms with Gasteiger partial charge in [0.15, 0.2) is 12.4 Å². The fraction of sp³-hybridized carbons (Fsp3) is 0.526. The van der Waals surface area contributed by atoms with E-state index in [1.165, 1.54) is 31.2 Å². The Bertz CT molecular complexity index is 830. The summed E-state index contributed by atoms with van der Waals surface area (Å²) in [5.41, 5.74) is 0.400.